The molecule has 5 heteroatoms. The number of nitro benzene ring substituents is 1. The summed E-state index contributed by atoms with van der Waals surface area (Å²) in [6.07, 6.45) is 1.98. The van der Waals surface area contributed by atoms with Crippen molar-refractivity contribution >= 4 is 11.5 Å². The molecule has 1 heterocycles. The van der Waals surface area contributed by atoms with Gasteiger partial charge < -0.3 is 4.74 Å². The van der Waals surface area contributed by atoms with Crippen LogP contribution < -0.4 is 0 Å². The minimum absolute atomic E-state index is 0.0276. The molecule has 102 valence electrons. The molecule has 0 amide bonds. The van der Waals surface area contributed by atoms with Crippen molar-refractivity contribution in [3.05, 3.63) is 39.9 Å². The molecule has 1 aromatic carbocycles. The van der Waals surface area contributed by atoms with E-state index in [-0.39, 0.29) is 23.5 Å². The van der Waals surface area contributed by atoms with Crippen LogP contribution in [0, 0.1) is 16.0 Å². The Morgan fingerprint density at radius 3 is 2.68 bits per heavy atom. The van der Waals surface area contributed by atoms with Gasteiger partial charge in [0, 0.05) is 31.1 Å². The average Bonchev–Trinajstić information content (AvgIpc) is 2.87. The van der Waals surface area contributed by atoms with Crippen LogP contribution >= 0.6 is 0 Å². The summed E-state index contributed by atoms with van der Waals surface area (Å²) < 4.78 is 5.51. The highest BCUT2D eigenvalue weighted by molar-refractivity contribution is 5.84. The molecule has 0 spiro atoms. The highest BCUT2D eigenvalue weighted by atomic mass is 16.6. The molecule has 0 N–H and O–H groups in total. The van der Waals surface area contributed by atoms with Crippen molar-refractivity contribution in [2.75, 3.05) is 6.61 Å². The zero-order valence-corrected chi connectivity index (χ0v) is 10.9. The van der Waals surface area contributed by atoms with Gasteiger partial charge in [0.15, 0.2) is 0 Å². The minimum Gasteiger partial charge on any atom is -0.377 e. The fourth-order valence-corrected chi connectivity index (χ4v) is 2.49. The molecule has 1 aliphatic rings. The first-order valence-electron chi connectivity index (χ1n) is 6.49. The molecule has 2 atom stereocenters. The summed E-state index contributed by atoms with van der Waals surface area (Å²) in [5.41, 5.74) is 0.865. The molecule has 2 rings (SSSR count). The Labute approximate surface area is 111 Å². The first-order valence-corrected chi connectivity index (χ1v) is 6.49. The van der Waals surface area contributed by atoms with Crippen molar-refractivity contribution in [1.82, 2.24) is 0 Å². The molecule has 19 heavy (non-hydrogen) atoms. The normalized spacial score (nSPS) is 22.4. The van der Waals surface area contributed by atoms with E-state index in [2.05, 4.69) is 0 Å². The highest BCUT2D eigenvalue weighted by Crippen LogP contribution is 2.25. The van der Waals surface area contributed by atoms with E-state index in [0.717, 1.165) is 18.4 Å². The Hall–Kier alpha value is -1.75. The number of Topliss-reactive ketones (excluding diaryl/α,β-unsaturated/α-hetero) is 1. The second kappa shape index (κ2) is 5.93. The lowest BCUT2D eigenvalue weighted by molar-refractivity contribution is -0.384. The fourth-order valence-electron chi connectivity index (χ4n) is 2.49. The number of rotatable bonds is 5. The number of hydrogen-bond donors (Lipinski definition) is 0. The molecule has 1 fully saturated rings. The number of carbonyl (C=O) groups excluding carboxylic acids is 1. The molecular weight excluding hydrogens is 246 g/mol. The van der Waals surface area contributed by atoms with E-state index in [0.29, 0.717) is 13.0 Å². The molecule has 0 radical (unpaired) electrons. The molecule has 1 aromatic rings. The lowest BCUT2D eigenvalue weighted by Gasteiger charge is -2.15. The Bertz CT molecular complexity index is 469. The number of ether oxygens (including phenoxy) is 1. The van der Waals surface area contributed by atoms with Crippen LogP contribution in [0.3, 0.4) is 0 Å². The van der Waals surface area contributed by atoms with Gasteiger partial charge in [0.05, 0.1) is 11.0 Å². The number of ketones is 1. The monoisotopic (exact) mass is 263 g/mol. The van der Waals surface area contributed by atoms with Crippen LogP contribution in [0.2, 0.25) is 0 Å². The number of nitrogens with zero attached hydrogens (tertiary/aromatic N) is 1. The van der Waals surface area contributed by atoms with Gasteiger partial charge in [-0.25, -0.2) is 0 Å². The van der Waals surface area contributed by atoms with E-state index in [9.17, 15) is 14.9 Å². The fraction of sp³-hybridized carbons (Fsp3) is 0.500. The Kier molecular flexibility index (Phi) is 4.27. The van der Waals surface area contributed by atoms with Crippen LogP contribution in [0.15, 0.2) is 24.3 Å². The zero-order chi connectivity index (χ0) is 13.8. The van der Waals surface area contributed by atoms with Crippen molar-refractivity contribution in [3.63, 3.8) is 0 Å². The van der Waals surface area contributed by atoms with Gasteiger partial charge in [0.25, 0.3) is 5.69 Å². The van der Waals surface area contributed by atoms with Crippen molar-refractivity contribution < 1.29 is 14.5 Å². The van der Waals surface area contributed by atoms with Gasteiger partial charge in [-0.3, -0.25) is 14.9 Å². The molecule has 2 unspecified atom stereocenters. The van der Waals surface area contributed by atoms with Crippen LogP contribution in [0.5, 0.6) is 0 Å². The number of carbonyl (C=O) groups is 1. The number of benzene rings is 1. The quantitative estimate of drug-likeness (QED) is 0.604. The van der Waals surface area contributed by atoms with Crippen molar-refractivity contribution in [1.29, 1.82) is 0 Å². The number of hydrogen-bond acceptors (Lipinski definition) is 4. The van der Waals surface area contributed by atoms with Crippen molar-refractivity contribution in [3.8, 4) is 0 Å². The van der Waals surface area contributed by atoms with Crippen LogP contribution in [-0.4, -0.2) is 23.4 Å². The Morgan fingerprint density at radius 1 is 1.42 bits per heavy atom. The summed E-state index contributed by atoms with van der Waals surface area (Å²) in [7, 11) is 0. The maximum Gasteiger partial charge on any atom is 0.269 e. The molecule has 5 nitrogen and oxygen atoms in total. The number of non-ortho nitro benzene ring substituents is 1. The highest BCUT2D eigenvalue weighted by Gasteiger charge is 2.32. The lowest BCUT2D eigenvalue weighted by atomic mass is 9.91. The SMILES string of the molecule is CCC1OCCC1C(=O)Cc1ccc([N+](=O)[O-])cc1. The summed E-state index contributed by atoms with van der Waals surface area (Å²) in [6, 6.07) is 6.16. The molecule has 0 aliphatic carbocycles. The van der Waals surface area contributed by atoms with Gasteiger partial charge in [0.2, 0.25) is 0 Å². The standard InChI is InChI=1S/C14H17NO4/c1-2-14-12(7-8-19-14)13(16)9-10-3-5-11(6-4-10)15(17)18/h3-6,12,14H,2,7-9H2,1H3. The van der Waals surface area contributed by atoms with Gasteiger partial charge in [0.1, 0.15) is 5.78 Å². The predicted octanol–water partition coefficient (Wildman–Crippen LogP) is 2.52. The smallest absolute Gasteiger partial charge is 0.269 e. The second-order valence-corrected chi connectivity index (χ2v) is 4.78. The molecule has 0 bridgehead atoms. The molecule has 1 saturated heterocycles. The van der Waals surface area contributed by atoms with Crippen LogP contribution in [0.1, 0.15) is 25.3 Å². The first-order chi connectivity index (χ1) is 9.11. The van der Waals surface area contributed by atoms with Gasteiger partial charge in [-0.1, -0.05) is 19.1 Å². The predicted molar refractivity (Wildman–Crippen MR) is 69.9 cm³/mol. The second-order valence-electron chi connectivity index (χ2n) is 4.78. The largest absolute Gasteiger partial charge is 0.377 e. The number of nitro groups is 1. The van der Waals surface area contributed by atoms with Crippen molar-refractivity contribution in [2.24, 2.45) is 5.92 Å². The maximum atomic E-state index is 12.2. The summed E-state index contributed by atoms with van der Waals surface area (Å²) in [6.45, 7) is 2.66. The van der Waals surface area contributed by atoms with Crippen LogP contribution in [0.25, 0.3) is 0 Å². The van der Waals surface area contributed by atoms with Gasteiger partial charge in [-0.2, -0.15) is 0 Å². The molecule has 0 aromatic heterocycles. The van der Waals surface area contributed by atoms with E-state index in [1.165, 1.54) is 12.1 Å². The summed E-state index contributed by atoms with van der Waals surface area (Å²) in [5, 5.41) is 10.5. The molecule has 0 saturated carbocycles. The average molecular weight is 263 g/mol. The Balaban J connectivity index is 2.00. The van der Waals surface area contributed by atoms with Crippen molar-refractivity contribution in [2.45, 2.75) is 32.3 Å². The van der Waals surface area contributed by atoms with E-state index in [1.54, 1.807) is 12.1 Å². The minimum atomic E-state index is -0.441. The summed E-state index contributed by atoms with van der Waals surface area (Å²) in [4.78, 5) is 22.3. The van der Waals surface area contributed by atoms with Crippen LogP contribution in [-0.2, 0) is 16.0 Å². The topological polar surface area (TPSA) is 69.4 Å². The summed E-state index contributed by atoms with van der Waals surface area (Å²) >= 11 is 0. The van der Waals surface area contributed by atoms with Gasteiger partial charge >= 0.3 is 0 Å². The maximum absolute atomic E-state index is 12.2. The third kappa shape index (κ3) is 3.17. The zero-order valence-electron chi connectivity index (χ0n) is 10.9. The lowest BCUT2D eigenvalue weighted by Crippen LogP contribution is -2.25. The van der Waals surface area contributed by atoms with Gasteiger partial charge in [-0.15, -0.1) is 0 Å². The van der Waals surface area contributed by atoms with E-state index in [4.69, 9.17) is 4.74 Å². The summed E-state index contributed by atoms with van der Waals surface area (Å²) in [5.74, 6) is 0.137. The van der Waals surface area contributed by atoms with E-state index < -0.39 is 4.92 Å². The third-order valence-corrected chi connectivity index (χ3v) is 3.55. The Morgan fingerprint density at radius 2 is 2.11 bits per heavy atom. The van der Waals surface area contributed by atoms with E-state index >= 15 is 0 Å². The third-order valence-electron chi connectivity index (χ3n) is 3.55. The molecule has 1 aliphatic heterocycles. The molecular formula is C14H17NO4. The first kappa shape index (κ1) is 13.7. The van der Waals surface area contributed by atoms with E-state index in [1.807, 2.05) is 6.92 Å². The van der Waals surface area contributed by atoms with Crippen LogP contribution in [0.4, 0.5) is 5.69 Å². The van der Waals surface area contributed by atoms with Gasteiger partial charge in [-0.05, 0) is 18.4 Å².